The van der Waals surface area contributed by atoms with Gasteiger partial charge in [-0.1, -0.05) is 96.8 Å². The maximum absolute atomic E-state index is 9.82. The Labute approximate surface area is 184 Å². The van der Waals surface area contributed by atoms with Gasteiger partial charge in [0.05, 0.1) is 19.5 Å². The average molecular weight is 429 g/mol. The lowest BCUT2D eigenvalue weighted by Crippen LogP contribution is -2.41. The number of unbranched alkanes of at least 4 members (excludes halogenated alkanes) is 15. The van der Waals surface area contributed by atoms with E-state index in [0.717, 1.165) is 12.8 Å². The summed E-state index contributed by atoms with van der Waals surface area (Å²) in [6.45, 7) is 2.10. The summed E-state index contributed by atoms with van der Waals surface area (Å²) >= 11 is 0. The van der Waals surface area contributed by atoms with Crippen LogP contribution in [0.25, 0.3) is 0 Å². The average Bonchev–Trinajstić information content (AvgIpc) is 3.08. The van der Waals surface area contributed by atoms with Crippen LogP contribution in [-0.4, -0.2) is 52.9 Å². The number of hydrogen-bond acceptors (Lipinski definition) is 5. The third-order valence-electron chi connectivity index (χ3n) is 6.06. The number of hydrogen-bond donors (Lipinski definition) is 3. The molecule has 0 aromatic carbocycles. The van der Waals surface area contributed by atoms with Crippen LogP contribution in [0.15, 0.2) is 12.3 Å². The van der Waals surface area contributed by atoms with E-state index in [9.17, 15) is 15.3 Å². The van der Waals surface area contributed by atoms with E-state index in [1.54, 1.807) is 6.26 Å². The first kappa shape index (κ1) is 27.4. The Balaban J connectivity index is 1.85. The van der Waals surface area contributed by atoms with Gasteiger partial charge in [0.1, 0.15) is 24.4 Å². The van der Waals surface area contributed by atoms with Gasteiger partial charge in [-0.25, -0.2) is 0 Å². The molecule has 3 N–H and O–H groups in total. The second-order valence-electron chi connectivity index (χ2n) is 8.82. The van der Waals surface area contributed by atoms with Crippen molar-refractivity contribution in [3.8, 4) is 0 Å². The fourth-order valence-electron chi connectivity index (χ4n) is 4.04. The molecule has 4 atom stereocenters. The van der Waals surface area contributed by atoms with Gasteiger partial charge in [-0.05, 0) is 18.9 Å². The molecular formula is C25H48O5. The van der Waals surface area contributed by atoms with Crippen molar-refractivity contribution in [2.45, 2.75) is 134 Å². The Morgan fingerprint density at radius 1 is 0.833 bits per heavy atom. The van der Waals surface area contributed by atoms with E-state index in [-0.39, 0.29) is 13.2 Å². The van der Waals surface area contributed by atoms with Crippen LogP contribution in [0.5, 0.6) is 0 Å². The molecule has 1 rings (SSSR count). The lowest BCUT2D eigenvalue weighted by Gasteiger charge is -2.23. The highest BCUT2D eigenvalue weighted by Crippen LogP contribution is 2.20. The predicted molar refractivity (Wildman–Crippen MR) is 122 cm³/mol. The third-order valence-corrected chi connectivity index (χ3v) is 6.06. The molecule has 0 aromatic rings. The van der Waals surface area contributed by atoms with Crippen molar-refractivity contribution >= 4 is 0 Å². The molecule has 0 saturated carbocycles. The minimum absolute atomic E-state index is 0.0779. The fourth-order valence-corrected chi connectivity index (χ4v) is 4.04. The molecule has 30 heavy (non-hydrogen) atoms. The van der Waals surface area contributed by atoms with Gasteiger partial charge < -0.3 is 24.8 Å². The second-order valence-corrected chi connectivity index (χ2v) is 8.82. The molecule has 0 spiro atoms. The topological polar surface area (TPSA) is 79.2 Å². The van der Waals surface area contributed by atoms with Crippen molar-refractivity contribution in [2.75, 3.05) is 13.2 Å². The molecule has 5 heteroatoms. The smallest absolute Gasteiger partial charge is 0.149 e. The fraction of sp³-hybridized carbons (Fsp3) is 0.920. The molecule has 5 nitrogen and oxygen atoms in total. The zero-order chi connectivity index (χ0) is 21.9. The summed E-state index contributed by atoms with van der Waals surface area (Å²) in [4.78, 5) is 0. The summed E-state index contributed by atoms with van der Waals surface area (Å²) in [6, 6.07) is 0. The van der Waals surface area contributed by atoms with E-state index < -0.39 is 24.4 Å². The van der Waals surface area contributed by atoms with Gasteiger partial charge in [0, 0.05) is 0 Å². The van der Waals surface area contributed by atoms with Crippen LogP contribution in [0.1, 0.15) is 110 Å². The molecule has 1 aliphatic heterocycles. The molecule has 1 saturated heterocycles. The molecule has 0 aromatic heterocycles. The van der Waals surface area contributed by atoms with Crippen LogP contribution in [0.3, 0.4) is 0 Å². The third kappa shape index (κ3) is 12.9. The van der Waals surface area contributed by atoms with Gasteiger partial charge in [-0.15, -0.1) is 0 Å². The van der Waals surface area contributed by atoms with Gasteiger partial charge in [-0.2, -0.15) is 0 Å². The van der Waals surface area contributed by atoms with Crippen molar-refractivity contribution in [3.05, 3.63) is 12.3 Å². The highest BCUT2D eigenvalue weighted by molar-refractivity contribution is 4.90. The summed E-state index contributed by atoms with van der Waals surface area (Å²) in [5, 5.41) is 28.7. The molecular weight excluding hydrogens is 380 g/mol. The number of ether oxygens (including phenoxy) is 2. The second kappa shape index (κ2) is 19.1. The number of rotatable bonds is 20. The summed E-state index contributed by atoms with van der Waals surface area (Å²) in [7, 11) is 0. The van der Waals surface area contributed by atoms with E-state index >= 15 is 0 Å². The van der Waals surface area contributed by atoms with Crippen molar-refractivity contribution in [1.29, 1.82) is 0 Å². The Morgan fingerprint density at radius 3 is 1.77 bits per heavy atom. The summed E-state index contributed by atoms with van der Waals surface area (Å²) < 4.78 is 10.8. The highest BCUT2D eigenvalue weighted by Gasteiger charge is 2.40. The van der Waals surface area contributed by atoms with Crippen LogP contribution in [-0.2, 0) is 9.47 Å². The van der Waals surface area contributed by atoms with E-state index in [1.807, 2.05) is 6.08 Å². The first-order chi connectivity index (χ1) is 14.7. The van der Waals surface area contributed by atoms with Crippen LogP contribution in [0, 0.1) is 0 Å². The SMILES string of the molecule is CCCCCCCCCCCCCCCCC/C=C/O[C@H](CO)[C@@H]1OC[C@H](O)[C@@H]1O. The molecule has 1 fully saturated rings. The Bertz CT molecular complexity index is 401. The van der Waals surface area contributed by atoms with Crippen LogP contribution >= 0.6 is 0 Å². The van der Waals surface area contributed by atoms with Crippen LogP contribution < -0.4 is 0 Å². The first-order valence-electron chi connectivity index (χ1n) is 12.6. The molecule has 1 aliphatic rings. The Morgan fingerprint density at radius 2 is 1.33 bits per heavy atom. The van der Waals surface area contributed by atoms with Gasteiger partial charge in [0.25, 0.3) is 0 Å². The lowest BCUT2D eigenvalue weighted by atomic mass is 10.0. The van der Waals surface area contributed by atoms with Crippen molar-refractivity contribution in [2.24, 2.45) is 0 Å². The van der Waals surface area contributed by atoms with Crippen LogP contribution in [0.4, 0.5) is 0 Å². The largest absolute Gasteiger partial charge is 0.493 e. The van der Waals surface area contributed by atoms with Gasteiger partial charge in [0.15, 0.2) is 0 Å². The quantitative estimate of drug-likeness (QED) is 0.182. The normalized spacial score (nSPS) is 22.7. The van der Waals surface area contributed by atoms with Crippen LogP contribution in [0.2, 0.25) is 0 Å². The van der Waals surface area contributed by atoms with E-state index in [0.29, 0.717) is 0 Å². The maximum Gasteiger partial charge on any atom is 0.149 e. The molecule has 0 unspecified atom stereocenters. The number of aliphatic hydroxyl groups excluding tert-OH is 3. The number of aliphatic hydroxyl groups is 3. The molecule has 0 bridgehead atoms. The summed E-state index contributed by atoms with van der Waals surface area (Å²) in [5.74, 6) is 0. The first-order valence-corrected chi connectivity index (χ1v) is 12.6. The Kier molecular flexibility index (Phi) is 17.4. The highest BCUT2D eigenvalue weighted by atomic mass is 16.6. The minimum atomic E-state index is -1.01. The predicted octanol–water partition coefficient (Wildman–Crippen LogP) is 5.26. The molecule has 1 heterocycles. The molecule has 0 radical (unpaired) electrons. The van der Waals surface area contributed by atoms with E-state index in [1.165, 1.54) is 89.9 Å². The van der Waals surface area contributed by atoms with Gasteiger partial charge in [-0.3, -0.25) is 0 Å². The van der Waals surface area contributed by atoms with Crippen molar-refractivity contribution < 1.29 is 24.8 Å². The molecule has 178 valence electrons. The standard InChI is InChI=1S/C25H48O5/c1-2-3-4-5-6-7-8-9-10-11-12-13-14-15-16-17-18-19-29-23(20-26)25-24(28)22(27)21-30-25/h18-19,22-28H,2-17,20-21H2,1H3/b19-18+/t22-,23+,24-,25-/m0/s1. The van der Waals surface area contributed by atoms with E-state index in [2.05, 4.69) is 6.92 Å². The van der Waals surface area contributed by atoms with Gasteiger partial charge in [0.2, 0.25) is 0 Å². The Hall–Kier alpha value is -0.620. The summed E-state index contributed by atoms with van der Waals surface area (Å²) in [6.07, 6.45) is 21.7. The van der Waals surface area contributed by atoms with Crippen molar-refractivity contribution in [3.63, 3.8) is 0 Å². The zero-order valence-electron chi connectivity index (χ0n) is 19.4. The zero-order valence-corrected chi connectivity index (χ0v) is 19.4. The number of allylic oxidation sites excluding steroid dienone is 1. The lowest BCUT2D eigenvalue weighted by molar-refractivity contribution is -0.0737. The maximum atomic E-state index is 9.82. The monoisotopic (exact) mass is 428 g/mol. The van der Waals surface area contributed by atoms with Crippen molar-refractivity contribution in [1.82, 2.24) is 0 Å². The summed E-state index contributed by atoms with van der Waals surface area (Å²) in [5.41, 5.74) is 0. The minimum Gasteiger partial charge on any atom is -0.493 e. The molecule has 0 amide bonds. The van der Waals surface area contributed by atoms with Gasteiger partial charge >= 0.3 is 0 Å². The molecule has 0 aliphatic carbocycles. The van der Waals surface area contributed by atoms with E-state index in [4.69, 9.17) is 9.47 Å².